The van der Waals surface area contributed by atoms with Crippen molar-refractivity contribution in [3.63, 3.8) is 0 Å². The van der Waals surface area contributed by atoms with Crippen LogP contribution in [-0.2, 0) is 0 Å². The number of nitrogen functional groups attached to an aromatic ring is 1. The summed E-state index contributed by atoms with van der Waals surface area (Å²) in [4.78, 5) is 36.6. The molecule has 2 amide bonds. The summed E-state index contributed by atoms with van der Waals surface area (Å²) in [7, 11) is 0. The van der Waals surface area contributed by atoms with Gasteiger partial charge in [0.2, 0.25) is 0 Å². The van der Waals surface area contributed by atoms with Crippen molar-refractivity contribution in [1.29, 1.82) is 0 Å². The number of ketones is 1. The number of carbonyl (C=O) groups excluding carboxylic acids is 3. The van der Waals surface area contributed by atoms with Gasteiger partial charge in [-0.2, -0.15) is 0 Å². The average Bonchev–Trinajstić information content (AvgIpc) is 2.74. The van der Waals surface area contributed by atoms with Gasteiger partial charge in [0.1, 0.15) is 0 Å². The van der Waals surface area contributed by atoms with E-state index in [0.29, 0.717) is 28.1 Å². The van der Waals surface area contributed by atoms with Gasteiger partial charge in [-0.1, -0.05) is 42.5 Å². The van der Waals surface area contributed by atoms with Crippen molar-refractivity contribution in [2.24, 2.45) is 0 Å². The van der Waals surface area contributed by atoms with Crippen LogP contribution >= 0.6 is 0 Å². The van der Waals surface area contributed by atoms with Crippen LogP contribution in [0.5, 0.6) is 0 Å². The lowest BCUT2D eigenvalue weighted by molar-refractivity contribution is 0.0904. The third-order valence-corrected chi connectivity index (χ3v) is 4.12. The number of nitrogens with two attached hydrogens (primary N) is 1. The first kappa shape index (κ1) is 18.8. The maximum Gasteiger partial charge on any atom is 0.255 e. The Morgan fingerprint density at radius 1 is 0.679 bits per heavy atom. The van der Waals surface area contributed by atoms with Crippen LogP contribution in [0.25, 0.3) is 0 Å². The number of hydrogen-bond donors (Lipinski definition) is 3. The van der Waals surface area contributed by atoms with E-state index in [1.165, 1.54) is 0 Å². The number of carbonyl (C=O) groups is 3. The van der Waals surface area contributed by atoms with E-state index in [-0.39, 0.29) is 24.1 Å². The molecule has 0 unspecified atom stereocenters. The van der Waals surface area contributed by atoms with Gasteiger partial charge in [-0.25, -0.2) is 0 Å². The van der Waals surface area contributed by atoms with Crippen molar-refractivity contribution in [3.05, 3.63) is 95.6 Å². The topological polar surface area (TPSA) is 101 Å². The molecule has 0 aliphatic heterocycles. The Balaban J connectivity index is 1.59. The molecular weight excluding hydrogens is 354 g/mol. The highest BCUT2D eigenvalue weighted by molar-refractivity contribution is 6.07. The van der Waals surface area contributed by atoms with Gasteiger partial charge >= 0.3 is 0 Å². The molecule has 4 N–H and O–H groups in total. The molecule has 0 saturated carbocycles. The van der Waals surface area contributed by atoms with Crippen molar-refractivity contribution < 1.29 is 14.4 Å². The summed E-state index contributed by atoms with van der Waals surface area (Å²) in [5, 5.41) is 5.32. The molecule has 0 saturated heterocycles. The predicted molar refractivity (Wildman–Crippen MR) is 108 cm³/mol. The number of hydrogen-bond acceptors (Lipinski definition) is 4. The largest absolute Gasteiger partial charge is 0.397 e. The first-order valence-corrected chi connectivity index (χ1v) is 8.67. The van der Waals surface area contributed by atoms with Gasteiger partial charge in [0.25, 0.3) is 11.8 Å². The fourth-order valence-corrected chi connectivity index (χ4v) is 2.57. The van der Waals surface area contributed by atoms with Crippen LogP contribution in [0.1, 0.15) is 31.1 Å². The van der Waals surface area contributed by atoms with Gasteiger partial charge in [-0.3, -0.25) is 14.4 Å². The Morgan fingerprint density at radius 2 is 1.25 bits per heavy atom. The minimum atomic E-state index is -0.325. The van der Waals surface area contributed by atoms with Gasteiger partial charge in [-0.05, 0) is 36.4 Å². The molecule has 6 nitrogen and oxygen atoms in total. The minimum Gasteiger partial charge on any atom is -0.397 e. The highest BCUT2D eigenvalue weighted by Gasteiger charge is 2.12. The van der Waals surface area contributed by atoms with E-state index in [1.54, 1.807) is 72.8 Å². The normalized spacial score (nSPS) is 10.1. The Labute approximate surface area is 162 Å². The molecule has 0 radical (unpaired) electrons. The molecule has 0 fully saturated rings. The molecule has 0 atom stereocenters. The number of nitrogens with one attached hydrogen (secondary N) is 2. The van der Waals surface area contributed by atoms with Crippen molar-refractivity contribution in [2.75, 3.05) is 17.6 Å². The fraction of sp³-hybridized carbons (Fsp3) is 0.0455. The highest BCUT2D eigenvalue weighted by Crippen LogP contribution is 2.18. The maximum atomic E-state index is 12.3. The van der Waals surface area contributed by atoms with E-state index in [2.05, 4.69) is 10.6 Å². The lowest BCUT2D eigenvalue weighted by Crippen LogP contribution is -2.29. The van der Waals surface area contributed by atoms with Gasteiger partial charge in [-0.15, -0.1) is 0 Å². The Hall–Kier alpha value is -3.93. The summed E-state index contributed by atoms with van der Waals surface area (Å²) in [5.74, 6) is -0.886. The highest BCUT2D eigenvalue weighted by atomic mass is 16.2. The van der Waals surface area contributed by atoms with Gasteiger partial charge in [0, 0.05) is 16.7 Å². The van der Waals surface area contributed by atoms with E-state index in [1.807, 2.05) is 6.07 Å². The van der Waals surface area contributed by atoms with E-state index in [0.717, 1.165) is 0 Å². The maximum absolute atomic E-state index is 12.3. The third-order valence-electron chi connectivity index (χ3n) is 4.12. The molecule has 6 heteroatoms. The predicted octanol–water partition coefficient (Wildman–Crippen LogP) is 3.13. The first-order chi connectivity index (χ1) is 13.5. The summed E-state index contributed by atoms with van der Waals surface area (Å²) in [5.41, 5.74) is 8.10. The molecule has 28 heavy (non-hydrogen) atoms. The Bertz CT molecular complexity index is 999. The average molecular weight is 373 g/mol. The molecular formula is C22H19N3O3. The van der Waals surface area contributed by atoms with Crippen LogP contribution in [-0.4, -0.2) is 24.1 Å². The molecule has 0 bridgehead atoms. The van der Waals surface area contributed by atoms with Crippen LogP contribution in [0.3, 0.4) is 0 Å². The molecule has 0 heterocycles. The van der Waals surface area contributed by atoms with E-state index in [4.69, 9.17) is 5.73 Å². The van der Waals surface area contributed by atoms with E-state index >= 15 is 0 Å². The number of para-hydroxylation sites is 2. The summed E-state index contributed by atoms with van der Waals surface area (Å²) in [6.07, 6.45) is 0. The zero-order chi connectivity index (χ0) is 19.9. The van der Waals surface area contributed by atoms with Crippen LogP contribution in [0, 0.1) is 0 Å². The van der Waals surface area contributed by atoms with E-state index < -0.39 is 0 Å². The lowest BCUT2D eigenvalue weighted by atomic mass is 10.1. The monoisotopic (exact) mass is 373 g/mol. The quantitative estimate of drug-likeness (QED) is 0.456. The van der Waals surface area contributed by atoms with Gasteiger partial charge < -0.3 is 16.4 Å². The molecule has 0 aliphatic carbocycles. The molecule has 3 aromatic carbocycles. The SMILES string of the molecule is Nc1ccccc1NC(=O)c1ccc(C(=O)CNC(=O)c2ccccc2)cc1. The summed E-state index contributed by atoms with van der Waals surface area (Å²) < 4.78 is 0. The Morgan fingerprint density at radius 3 is 1.93 bits per heavy atom. The molecule has 0 aliphatic rings. The summed E-state index contributed by atoms with van der Waals surface area (Å²) in [6, 6.07) is 21.8. The van der Waals surface area contributed by atoms with Crippen molar-refractivity contribution in [1.82, 2.24) is 5.32 Å². The second kappa shape index (κ2) is 8.64. The second-order valence-corrected chi connectivity index (χ2v) is 6.09. The molecule has 0 spiro atoms. The first-order valence-electron chi connectivity index (χ1n) is 8.67. The smallest absolute Gasteiger partial charge is 0.255 e. The van der Waals surface area contributed by atoms with Crippen molar-refractivity contribution in [3.8, 4) is 0 Å². The lowest BCUT2D eigenvalue weighted by Gasteiger charge is -2.08. The van der Waals surface area contributed by atoms with E-state index in [9.17, 15) is 14.4 Å². The number of amides is 2. The minimum absolute atomic E-state index is 0.125. The number of benzene rings is 3. The molecule has 0 aromatic heterocycles. The van der Waals surface area contributed by atoms with Crippen LogP contribution in [0.15, 0.2) is 78.9 Å². The standard InChI is InChI=1S/C22H19N3O3/c23-18-8-4-5-9-19(18)25-22(28)17-12-10-15(11-13-17)20(26)14-24-21(27)16-6-2-1-3-7-16/h1-13H,14,23H2,(H,24,27)(H,25,28). The van der Waals surface area contributed by atoms with Crippen LogP contribution in [0.4, 0.5) is 11.4 Å². The number of Topliss-reactive ketones (excluding diaryl/α,β-unsaturated/α-hetero) is 1. The van der Waals surface area contributed by atoms with Crippen molar-refractivity contribution in [2.45, 2.75) is 0 Å². The number of rotatable bonds is 6. The second-order valence-electron chi connectivity index (χ2n) is 6.09. The molecule has 3 aromatic rings. The van der Waals surface area contributed by atoms with Crippen LogP contribution < -0.4 is 16.4 Å². The van der Waals surface area contributed by atoms with Gasteiger partial charge in [0.15, 0.2) is 5.78 Å². The Kier molecular flexibility index (Phi) is 5.81. The number of anilines is 2. The zero-order valence-electron chi connectivity index (χ0n) is 15.0. The van der Waals surface area contributed by atoms with Crippen LogP contribution in [0.2, 0.25) is 0 Å². The third kappa shape index (κ3) is 4.62. The van der Waals surface area contributed by atoms with Crippen molar-refractivity contribution >= 4 is 29.0 Å². The summed E-state index contributed by atoms with van der Waals surface area (Å²) >= 11 is 0. The molecule has 140 valence electrons. The van der Waals surface area contributed by atoms with Gasteiger partial charge in [0.05, 0.1) is 17.9 Å². The molecule has 3 rings (SSSR count). The zero-order valence-corrected chi connectivity index (χ0v) is 15.0. The fourth-order valence-electron chi connectivity index (χ4n) is 2.57. The summed E-state index contributed by atoms with van der Waals surface area (Å²) in [6.45, 7) is -0.125.